The largest absolute Gasteiger partial charge is 0.497 e. The van der Waals surface area contributed by atoms with Gasteiger partial charge in [0.05, 0.1) is 18.1 Å². The summed E-state index contributed by atoms with van der Waals surface area (Å²) in [4.78, 5) is 12.2. The van der Waals surface area contributed by atoms with Crippen molar-refractivity contribution in [3.63, 3.8) is 0 Å². The first-order valence-electron chi connectivity index (χ1n) is 8.25. The molecule has 3 rings (SSSR count). The van der Waals surface area contributed by atoms with Crippen LogP contribution in [0.4, 0.5) is 0 Å². The zero-order valence-corrected chi connectivity index (χ0v) is 15.6. The second-order valence-corrected chi connectivity index (χ2v) is 7.22. The summed E-state index contributed by atoms with van der Waals surface area (Å²) < 4.78 is 5.14. The summed E-state index contributed by atoms with van der Waals surface area (Å²) in [5, 5.41) is 7.47. The summed E-state index contributed by atoms with van der Waals surface area (Å²) >= 11 is 1.43. The third kappa shape index (κ3) is 4.46. The maximum absolute atomic E-state index is 12.2. The van der Waals surface area contributed by atoms with Gasteiger partial charge in [0.15, 0.2) is 5.17 Å². The van der Waals surface area contributed by atoms with Gasteiger partial charge >= 0.3 is 0 Å². The lowest BCUT2D eigenvalue weighted by molar-refractivity contribution is -0.118. The second kappa shape index (κ2) is 8.10. The summed E-state index contributed by atoms with van der Waals surface area (Å²) in [6.45, 7) is 6.02. The lowest BCUT2D eigenvalue weighted by atomic mass is 10.1. The van der Waals surface area contributed by atoms with Crippen LogP contribution in [-0.2, 0) is 11.2 Å². The standard InChI is InChI=1S/C20H21N3O2S/c1-13-5-4-6-15(11-13)12-18-19(24)21-20(26-18)23-22-14(2)16-7-9-17(25-3)10-8-16/h4-11,18,22H,2,12H2,1,3H3,(H,21,23,24)/t18-/m0/s1. The summed E-state index contributed by atoms with van der Waals surface area (Å²) in [6.07, 6.45) is 0.677. The van der Waals surface area contributed by atoms with Crippen LogP contribution < -0.4 is 15.5 Å². The van der Waals surface area contributed by atoms with Crippen LogP contribution in [0.2, 0.25) is 0 Å². The minimum absolute atomic E-state index is 0.0212. The molecule has 0 spiro atoms. The number of ether oxygens (including phenoxy) is 1. The number of carbonyl (C=O) groups excluding carboxylic acids is 1. The Bertz CT molecular complexity index is 846. The minimum Gasteiger partial charge on any atom is -0.497 e. The van der Waals surface area contributed by atoms with Gasteiger partial charge in [-0.3, -0.25) is 10.2 Å². The van der Waals surface area contributed by atoms with Crippen molar-refractivity contribution in [3.8, 4) is 5.75 Å². The van der Waals surface area contributed by atoms with E-state index in [9.17, 15) is 4.79 Å². The van der Waals surface area contributed by atoms with Crippen LogP contribution in [-0.4, -0.2) is 23.4 Å². The van der Waals surface area contributed by atoms with Gasteiger partial charge in [0.25, 0.3) is 0 Å². The Labute approximate surface area is 157 Å². The predicted octanol–water partition coefficient (Wildman–Crippen LogP) is 3.31. The molecule has 1 saturated heterocycles. The number of thioether (sulfide) groups is 1. The second-order valence-electron chi connectivity index (χ2n) is 6.02. The molecule has 0 saturated carbocycles. The Kier molecular flexibility index (Phi) is 5.63. The number of hydrogen-bond donors (Lipinski definition) is 2. The number of methoxy groups -OCH3 is 1. The molecular formula is C20H21N3O2S. The summed E-state index contributed by atoms with van der Waals surface area (Å²) in [5.41, 5.74) is 6.80. The molecule has 1 aliphatic rings. The highest BCUT2D eigenvalue weighted by molar-refractivity contribution is 8.15. The Morgan fingerprint density at radius 3 is 2.77 bits per heavy atom. The first kappa shape index (κ1) is 18.1. The smallest absolute Gasteiger partial charge is 0.239 e. The number of nitrogens with one attached hydrogen (secondary N) is 2. The van der Waals surface area contributed by atoms with Crippen molar-refractivity contribution < 1.29 is 9.53 Å². The number of benzene rings is 2. The molecule has 5 nitrogen and oxygen atoms in total. The van der Waals surface area contributed by atoms with Crippen molar-refractivity contribution >= 4 is 28.5 Å². The highest BCUT2D eigenvalue weighted by Gasteiger charge is 2.30. The van der Waals surface area contributed by atoms with E-state index in [1.54, 1.807) is 7.11 Å². The molecule has 0 aromatic heterocycles. The topological polar surface area (TPSA) is 62.7 Å². The molecule has 2 aromatic carbocycles. The van der Waals surface area contributed by atoms with E-state index < -0.39 is 0 Å². The number of nitrogens with zero attached hydrogens (tertiary/aromatic N) is 1. The highest BCUT2D eigenvalue weighted by atomic mass is 32.2. The third-order valence-corrected chi connectivity index (χ3v) is 5.09. The van der Waals surface area contributed by atoms with E-state index in [4.69, 9.17) is 4.74 Å². The van der Waals surface area contributed by atoms with Crippen molar-refractivity contribution in [3.05, 3.63) is 71.8 Å². The molecule has 0 unspecified atom stereocenters. The van der Waals surface area contributed by atoms with Crippen LogP contribution in [0.15, 0.2) is 60.2 Å². The lowest BCUT2D eigenvalue weighted by Gasteiger charge is -2.07. The molecule has 1 amide bonds. The first-order valence-corrected chi connectivity index (χ1v) is 9.13. The van der Waals surface area contributed by atoms with E-state index >= 15 is 0 Å². The van der Waals surface area contributed by atoms with Crippen molar-refractivity contribution in [2.75, 3.05) is 7.11 Å². The fourth-order valence-electron chi connectivity index (χ4n) is 2.62. The normalized spacial score (nSPS) is 17.8. The van der Waals surface area contributed by atoms with E-state index in [1.807, 2.05) is 49.4 Å². The number of hydrogen-bond acceptors (Lipinski definition) is 5. The molecule has 0 aliphatic carbocycles. The van der Waals surface area contributed by atoms with Gasteiger partial charge in [-0.05, 0) is 48.7 Å². The SMILES string of the molecule is C=C(N/N=C1\NC(=O)[C@H](Cc2cccc(C)c2)S1)c1ccc(OC)cc1. The fourth-order valence-corrected chi connectivity index (χ4v) is 3.59. The van der Waals surface area contributed by atoms with Gasteiger partial charge < -0.3 is 10.1 Å². The fraction of sp³-hybridized carbons (Fsp3) is 0.200. The monoisotopic (exact) mass is 367 g/mol. The molecule has 1 aliphatic heterocycles. The van der Waals surface area contributed by atoms with E-state index in [0.717, 1.165) is 16.9 Å². The van der Waals surface area contributed by atoms with Crippen LogP contribution in [0.5, 0.6) is 5.75 Å². The number of rotatable bonds is 6. The zero-order valence-electron chi connectivity index (χ0n) is 14.8. The minimum atomic E-state index is -0.174. The Balaban J connectivity index is 1.59. The molecule has 26 heavy (non-hydrogen) atoms. The van der Waals surface area contributed by atoms with Gasteiger partial charge in [0.2, 0.25) is 5.91 Å². The van der Waals surface area contributed by atoms with Crippen LogP contribution >= 0.6 is 11.8 Å². The Morgan fingerprint density at radius 2 is 2.08 bits per heavy atom. The molecular weight excluding hydrogens is 346 g/mol. The van der Waals surface area contributed by atoms with Crippen molar-refractivity contribution in [2.45, 2.75) is 18.6 Å². The van der Waals surface area contributed by atoms with Gasteiger partial charge in [-0.1, -0.05) is 48.2 Å². The number of aryl methyl sites for hydroxylation is 1. The van der Waals surface area contributed by atoms with Gasteiger partial charge in [0, 0.05) is 0 Å². The van der Waals surface area contributed by atoms with Crippen molar-refractivity contribution in [1.29, 1.82) is 0 Å². The molecule has 2 aromatic rings. The predicted molar refractivity (Wildman–Crippen MR) is 107 cm³/mol. The maximum Gasteiger partial charge on any atom is 0.239 e. The van der Waals surface area contributed by atoms with E-state index in [1.165, 1.54) is 17.3 Å². The molecule has 0 radical (unpaired) electrons. The van der Waals surface area contributed by atoms with Gasteiger partial charge in [-0.25, -0.2) is 0 Å². The molecule has 6 heteroatoms. The van der Waals surface area contributed by atoms with Crippen molar-refractivity contribution in [1.82, 2.24) is 10.7 Å². The lowest BCUT2D eigenvalue weighted by Crippen LogP contribution is -2.26. The van der Waals surface area contributed by atoms with E-state index in [0.29, 0.717) is 17.3 Å². The molecule has 0 bridgehead atoms. The quantitative estimate of drug-likeness (QED) is 0.769. The van der Waals surface area contributed by atoms with Gasteiger partial charge in [0.1, 0.15) is 5.75 Å². The number of hydrazone groups is 1. The third-order valence-electron chi connectivity index (χ3n) is 4.01. The van der Waals surface area contributed by atoms with Crippen LogP contribution in [0.3, 0.4) is 0 Å². The number of carbonyl (C=O) groups is 1. The van der Waals surface area contributed by atoms with Crippen molar-refractivity contribution in [2.24, 2.45) is 5.10 Å². The Morgan fingerprint density at radius 1 is 1.31 bits per heavy atom. The van der Waals surface area contributed by atoms with Crippen LogP contribution in [0.1, 0.15) is 16.7 Å². The van der Waals surface area contributed by atoms with Gasteiger partial charge in [-0.15, -0.1) is 5.10 Å². The molecule has 2 N–H and O–H groups in total. The summed E-state index contributed by atoms with van der Waals surface area (Å²) in [5.74, 6) is 0.762. The molecule has 1 fully saturated rings. The summed E-state index contributed by atoms with van der Waals surface area (Å²) in [7, 11) is 1.63. The van der Waals surface area contributed by atoms with Gasteiger partial charge in [-0.2, -0.15) is 0 Å². The Hall–Kier alpha value is -2.73. The summed E-state index contributed by atoms with van der Waals surface area (Å²) in [6, 6.07) is 15.7. The molecule has 134 valence electrons. The van der Waals surface area contributed by atoms with E-state index in [2.05, 4.69) is 28.5 Å². The highest BCUT2D eigenvalue weighted by Crippen LogP contribution is 2.24. The first-order chi connectivity index (χ1) is 12.5. The maximum atomic E-state index is 12.2. The number of amides is 1. The zero-order chi connectivity index (χ0) is 18.5. The average Bonchev–Trinajstić information content (AvgIpc) is 2.99. The molecule has 1 heterocycles. The van der Waals surface area contributed by atoms with E-state index in [-0.39, 0.29) is 11.2 Å². The average molecular weight is 367 g/mol. The van der Waals surface area contributed by atoms with Crippen LogP contribution in [0.25, 0.3) is 5.70 Å². The molecule has 1 atom stereocenters. The number of amidine groups is 1. The van der Waals surface area contributed by atoms with Crippen LogP contribution in [0, 0.1) is 6.92 Å².